The first-order valence-corrected chi connectivity index (χ1v) is 8.94. The topological polar surface area (TPSA) is 0 Å². The molecule has 2 atom stereocenters. The summed E-state index contributed by atoms with van der Waals surface area (Å²) >= 11 is -0.169. The average molecular weight is 290 g/mol. The van der Waals surface area contributed by atoms with E-state index in [2.05, 4.69) is 78.0 Å². The van der Waals surface area contributed by atoms with E-state index in [1.54, 1.807) is 11.1 Å². The molecule has 0 amide bonds. The molecule has 2 rings (SSSR count). The van der Waals surface area contributed by atoms with Gasteiger partial charge in [0.1, 0.15) is 0 Å². The van der Waals surface area contributed by atoms with Crippen molar-refractivity contribution in [1.29, 1.82) is 0 Å². The summed E-state index contributed by atoms with van der Waals surface area (Å²) in [5.74, 6) is 1.31. The molecule has 0 aromatic heterocycles. The van der Waals surface area contributed by atoms with Gasteiger partial charge < -0.3 is 0 Å². The summed E-state index contributed by atoms with van der Waals surface area (Å²) in [5.41, 5.74) is 3.27. The van der Waals surface area contributed by atoms with Crippen molar-refractivity contribution in [3.05, 3.63) is 47.6 Å². The van der Waals surface area contributed by atoms with Crippen molar-refractivity contribution >= 4 is 0 Å². The third-order valence-corrected chi connectivity index (χ3v) is 7.42. The zero-order valence-electron chi connectivity index (χ0n) is 13.1. The van der Waals surface area contributed by atoms with Gasteiger partial charge in [0, 0.05) is 0 Å². The molecular formula is C18H26Ti. The van der Waals surface area contributed by atoms with Crippen LogP contribution in [0, 0.1) is 11.8 Å². The van der Waals surface area contributed by atoms with E-state index in [0.717, 1.165) is 0 Å². The molecule has 102 valence electrons. The van der Waals surface area contributed by atoms with Crippen LogP contribution < -0.4 is 0 Å². The van der Waals surface area contributed by atoms with Crippen LogP contribution in [0.1, 0.15) is 41.5 Å². The van der Waals surface area contributed by atoms with Gasteiger partial charge >= 0.3 is 128 Å². The SMILES string of the molecule is CC(C)C1=CC=C[C]1(C)[Ti][C]1(C)C=CC=C1C(C)C. The van der Waals surface area contributed by atoms with Gasteiger partial charge in [0.25, 0.3) is 0 Å². The maximum atomic E-state index is 2.46. The molecule has 0 saturated carbocycles. The summed E-state index contributed by atoms with van der Waals surface area (Å²) in [6.45, 7) is 14.2. The van der Waals surface area contributed by atoms with E-state index in [-0.39, 0.29) is 19.2 Å². The number of hydrogen-bond acceptors (Lipinski definition) is 0. The normalized spacial score (nSPS) is 33.3. The molecule has 2 aliphatic carbocycles. The third kappa shape index (κ3) is 2.76. The van der Waals surface area contributed by atoms with Crippen molar-refractivity contribution < 1.29 is 19.2 Å². The zero-order valence-corrected chi connectivity index (χ0v) is 14.7. The summed E-state index contributed by atoms with van der Waals surface area (Å²) in [6.07, 6.45) is 14.2. The predicted octanol–water partition coefficient (Wildman–Crippen LogP) is 5.73. The second-order valence-electron chi connectivity index (χ2n) is 6.80. The fourth-order valence-corrected chi connectivity index (χ4v) is 7.44. The van der Waals surface area contributed by atoms with Crippen LogP contribution >= 0.6 is 0 Å². The van der Waals surface area contributed by atoms with E-state index < -0.39 is 0 Å². The van der Waals surface area contributed by atoms with Crippen LogP contribution in [0.5, 0.6) is 0 Å². The maximum absolute atomic E-state index is 2.46. The minimum atomic E-state index is -0.169. The summed E-state index contributed by atoms with van der Waals surface area (Å²) in [4.78, 5) is 0. The summed E-state index contributed by atoms with van der Waals surface area (Å²) in [5, 5.41) is 0. The Kier molecular flexibility index (Phi) is 4.14. The molecule has 0 aromatic rings. The van der Waals surface area contributed by atoms with Crippen molar-refractivity contribution in [3.8, 4) is 0 Å². The molecule has 0 heterocycles. The van der Waals surface area contributed by atoms with Crippen molar-refractivity contribution in [3.63, 3.8) is 0 Å². The molecule has 0 aliphatic heterocycles. The quantitative estimate of drug-likeness (QED) is 0.580. The van der Waals surface area contributed by atoms with Gasteiger partial charge in [-0.15, -0.1) is 0 Å². The molecule has 0 fully saturated rings. The Morgan fingerprint density at radius 3 is 1.47 bits per heavy atom. The molecule has 0 N–H and O–H groups in total. The van der Waals surface area contributed by atoms with Gasteiger partial charge in [0.15, 0.2) is 0 Å². The fraction of sp³-hybridized carbons (Fsp3) is 0.556. The van der Waals surface area contributed by atoms with E-state index in [1.165, 1.54) is 0 Å². The second kappa shape index (κ2) is 5.22. The molecule has 2 aliphatic rings. The molecule has 1 heteroatoms. The van der Waals surface area contributed by atoms with E-state index in [0.29, 0.717) is 19.3 Å². The molecule has 0 bridgehead atoms. The first kappa shape index (κ1) is 15.1. The van der Waals surface area contributed by atoms with Gasteiger partial charge in [0.2, 0.25) is 0 Å². The number of hydrogen-bond donors (Lipinski definition) is 0. The molecule has 0 aromatic carbocycles. The van der Waals surface area contributed by atoms with Crippen molar-refractivity contribution in [2.24, 2.45) is 11.8 Å². The Morgan fingerprint density at radius 1 is 0.789 bits per heavy atom. The van der Waals surface area contributed by atoms with E-state index in [4.69, 9.17) is 0 Å². The monoisotopic (exact) mass is 290 g/mol. The second-order valence-corrected chi connectivity index (χ2v) is 10.4. The minimum absolute atomic E-state index is 0.169. The van der Waals surface area contributed by atoms with Crippen LogP contribution in [0.3, 0.4) is 0 Å². The third-order valence-electron chi connectivity index (χ3n) is 4.37. The van der Waals surface area contributed by atoms with E-state index in [9.17, 15) is 0 Å². The molecule has 0 saturated heterocycles. The summed E-state index contributed by atoms with van der Waals surface area (Å²) in [6, 6.07) is 0. The van der Waals surface area contributed by atoms with Crippen LogP contribution in [0.15, 0.2) is 47.6 Å². The molecule has 0 radical (unpaired) electrons. The molecule has 0 nitrogen and oxygen atoms in total. The van der Waals surface area contributed by atoms with Crippen LogP contribution in [0.25, 0.3) is 0 Å². The van der Waals surface area contributed by atoms with Gasteiger partial charge in [-0.05, 0) is 0 Å². The zero-order chi connectivity index (χ0) is 14.3. The standard InChI is InChI=1S/2C9H13.Ti/c2*1-7(2)9-6-4-5-8(9)3;/h2*4-7H,1-3H3;. The molecule has 0 spiro atoms. The van der Waals surface area contributed by atoms with Crippen LogP contribution in [0.4, 0.5) is 0 Å². The Morgan fingerprint density at radius 2 is 1.16 bits per heavy atom. The summed E-state index contributed by atoms with van der Waals surface area (Å²) in [7, 11) is 0. The first-order chi connectivity index (χ1) is 8.78. The van der Waals surface area contributed by atoms with Crippen molar-refractivity contribution in [1.82, 2.24) is 0 Å². The van der Waals surface area contributed by atoms with Crippen LogP contribution in [-0.4, -0.2) is 0 Å². The van der Waals surface area contributed by atoms with Crippen LogP contribution in [-0.2, 0) is 19.2 Å². The van der Waals surface area contributed by atoms with Crippen molar-refractivity contribution in [2.45, 2.75) is 49.0 Å². The van der Waals surface area contributed by atoms with Gasteiger partial charge in [0.05, 0.1) is 0 Å². The number of rotatable bonds is 4. The average Bonchev–Trinajstić information content (AvgIpc) is 2.81. The molecule has 19 heavy (non-hydrogen) atoms. The first-order valence-electron chi connectivity index (χ1n) is 7.37. The Bertz CT molecular complexity index is 432. The fourth-order valence-electron chi connectivity index (χ4n) is 3.58. The van der Waals surface area contributed by atoms with Gasteiger partial charge in [-0.3, -0.25) is 0 Å². The predicted molar refractivity (Wildman–Crippen MR) is 80.9 cm³/mol. The van der Waals surface area contributed by atoms with E-state index in [1.807, 2.05) is 0 Å². The van der Waals surface area contributed by atoms with Gasteiger partial charge in [-0.2, -0.15) is 0 Å². The van der Waals surface area contributed by atoms with Crippen LogP contribution in [0.2, 0.25) is 7.44 Å². The molecule has 2 unspecified atom stereocenters. The van der Waals surface area contributed by atoms with Crippen molar-refractivity contribution in [2.75, 3.05) is 0 Å². The summed E-state index contributed by atoms with van der Waals surface area (Å²) < 4.78 is 0.678. The molecular weight excluding hydrogens is 264 g/mol. The Labute approximate surface area is 127 Å². The van der Waals surface area contributed by atoms with Gasteiger partial charge in [-0.1, -0.05) is 0 Å². The number of allylic oxidation sites excluding steroid dienone is 8. The Hall–Kier alpha value is -0.326. The van der Waals surface area contributed by atoms with E-state index >= 15 is 0 Å². The Balaban J connectivity index is 2.26. The van der Waals surface area contributed by atoms with Gasteiger partial charge in [-0.25, -0.2) is 0 Å².